The molecule has 0 fully saturated rings. The van der Waals surface area contributed by atoms with E-state index in [1.165, 1.54) is 0 Å². The van der Waals surface area contributed by atoms with E-state index in [0.29, 0.717) is 6.54 Å². The van der Waals surface area contributed by atoms with E-state index in [4.69, 9.17) is 10.8 Å². The fraction of sp³-hybridized carbons (Fsp3) is 0.857. The summed E-state index contributed by atoms with van der Waals surface area (Å²) in [6, 6.07) is -0.799. The highest BCUT2D eigenvalue weighted by molar-refractivity contribution is 5.81. The summed E-state index contributed by atoms with van der Waals surface area (Å²) >= 11 is 0. The van der Waals surface area contributed by atoms with Crippen molar-refractivity contribution in [2.45, 2.75) is 6.04 Å². The van der Waals surface area contributed by atoms with Gasteiger partial charge in [0.1, 0.15) is 6.04 Å². The van der Waals surface area contributed by atoms with Crippen molar-refractivity contribution in [3.63, 3.8) is 0 Å². The number of amides is 1. The minimum Gasteiger partial charge on any atom is -0.394 e. The SMILES string of the molecule is CN(C)CCNC(=O)C(N)CO. The summed E-state index contributed by atoms with van der Waals surface area (Å²) in [5.74, 6) is -0.306. The molecule has 0 aromatic rings. The van der Waals surface area contributed by atoms with Crippen LogP contribution < -0.4 is 11.1 Å². The van der Waals surface area contributed by atoms with Crippen molar-refractivity contribution in [1.82, 2.24) is 10.2 Å². The van der Waals surface area contributed by atoms with Crippen molar-refractivity contribution in [2.24, 2.45) is 5.73 Å². The van der Waals surface area contributed by atoms with Crippen molar-refractivity contribution in [2.75, 3.05) is 33.8 Å². The van der Waals surface area contributed by atoms with Crippen LogP contribution in [0.15, 0.2) is 0 Å². The Hall–Kier alpha value is -0.650. The lowest BCUT2D eigenvalue weighted by Gasteiger charge is -2.12. The van der Waals surface area contributed by atoms with Crippen LogP contribution in [0.3, 0.4) is 0 Å². The molecule has 1 atom stereocenters. The van der Waals surface area contributed by atoms with Gasteiger partial charge in [-0.25, -0.2) is 0 Å². The van der Waals surface area contributed by atoms with Gasteiger partial charge in [-0.15, -0.1) is 0 Å². The molecule has 12 heavy (non-hydrogen) atoms. The van der Waals surface area contributed by atoms with Crippen LogP contribution >= 0.6 is 0 Å². The number of aliphatic hydroxyl groups excluding tert-OH is 1. The summed E-state index contributed by atoms with van der Waals surface area (Å²) in [6.07, 6.45) is 0. The number of nitrogens with one attached hydrogen (secondary N) is 1. The van der Waals surface area contributed by atoms with Gasteiger partial charge in [0.2, 0.25) is 5.91 Å². The maximum absolute atomic E-state index is 10.9. The molecule has 1 unspecified atom stereocenters. The smallest absolute Gasteiger partial charge is 0.239 e. The van der Waals surface area contributed by atoms with Gasteiger partial charge in [0, 0.05) is 13.1 Å². The number of hydrogen-bond acceptors (Lipinski definition) is 4. The standard InChI is InChI=1S/C7H17N3O2/c1-10(2)4-3-9-7(12)6(8)5-11/h6,11H,3-5,8H2,1-2H3,(H,9,12). The van der Waals surface area contributed by atoms with Crippen LogP contribution in [-0.2, 0) is 4.79 Å². The average Bonchev–Trinajstić information content (AvgIpc) is 2.02. The van der Waals surface area contributed by atoms with E-state index >= 15 is 0 Å². The van der Waals surface area contributed by atoms with Crippen LogP contribution in [0.25, 0.3) is 0 Å². The Morgan fingerprint density at radius 3 is 2.67 bits per heavy atom. The summed E-state index contributed by atoms with van der Waals surface area (Å²) in [4.78, 5) is 12.9. The Morgan fingerprint density at radius 1 is 1.67 bits per heavy atom. The van der Waals surface area contributed by atoms with E-state index in [1.54, 1.807) is 0 Å². The number of hydrogen-bond donors (Lipinski definition) is 3. The number of likely N-dealkylation sites (N-methyl/N-ethyl adjacent to an activating group) is 1. The lowest BCUT2D eigenvalue weighted by Crippen LogP contribution is -2.44. The highest BCUT2D eigenvalue weighted by Gasteiger charge is 2.10. The second kappa shape index (κ2) is 5.93. The Balaban J connectivity index is 3.44. The van der Waals surface area contributed by atoms with Crippen LogP contribution in [0.4, 0.5) is 0 Å². The zero-order valence-electron chi connectivity index (χ0n) is 7.58. The molecule has 0 aliphatic heterocycles. The molecule has 0 aromatic carbocycles. The molecule has 0 bridgehead atoms. The van der Waals surface area contributed by atoms with Crippen molar-refractivity contribution < 1.29 is 9.90 Å². The molecule has 4 N–H and O–H groups in total. The molecule has 0 aliphatic carbocycles. The van der Waals surface area contributed by atoms with E-state index < -0.39 is 6.04 Å². The number of aliphatic hydroxyl groups is 1. The van der Waals surface area contributed by atoms with E-state index in [2.05, 4.69) is 5.32 Å². The van der Waals surface area contributed by atoms with Crippen LogP contribution in [0.2, 0.25) is 0 Å². The van der Waals surface area contributed by atoms with E-state index in [1.807, 2.05) is 19.0 Å². The van der Waals surface area contributed by atoms with Crippen LogP contribution in [-0.4, -0.2) is 55.7 Å². The Kier molecular flexibility index (Phi) is 5.61. The Labute approximate surface area is 72.5 Å². The fourth-order valence-electron chi connectivity index (χ4n) is 0.617. The van der Waals surface area contributed by atoms with Gasteiger partial charge in [-0.3, -0.25) is 4.79 Å². The van der Waals surface area contributed by atoms with Gasteiger partial charge in [0.05, 0.1) is 6.61 Å². The first-order valence-electron chi connectivity index (χ1n) is 3.86. The second-order valence-corrected chi connectivity index (χ2v) is 2.88. The predicted octanol–water partition coefficient (Wildman–Crippen LogP) is -2.02. The van der Waals surface area contributed by atoms with Gasteiger partial charge in [-0.2, -0.15) is 0 Å². The topological polar surface area (TPSA) is 78.6 Å². The lowest BCUT2D eigenvalue weighted by molar-refractivity contribution is -0.123. The fourth-order valence-corrected chi connectivity index (χ4v) is 0.617. The number of rotatable bonds is 5. The molecule has 0 rings (SSSR count). The highest BCUT2D eigenvalue weighted by Crippen LogP contribution is 1.77. The van der Waals surface area contributed by atoms with Gasteiger partial charge in [0.25, 0.3) is 0 Å². The van der Waals surface area contributed by atoms with Gasteiger partial charge >= 0.3 is 0 Å². The third-order valence-electron chi connectivity index (χ3n) is 1.39. The Morgan fingerprint density at radius 2 is 2.25 bits per heavy atom. The van der Waals surface area contributed by atoms with Crippen molar-refractivity contribution in [3.8, 4) is 0 Å². The van der Waals surface area contributed by atoms with Crippen molar-refractivity contribution >= 4 is 5.91 Å². The normalized spacial score (nSPS) is 13.1. The molecule has 0 spiro atoms. The number of nitrogens with two attached hydrogens (primary N) is 1. The third-order valence-corrected chi connectivity index (χ3v) is 1.39. The zero-order chi connectivity index (χ0) is 9.56. The summed E-state index contributed by atoms with van der Waals surface area (Å²) in [7, 11) is 3.83. The molecule has 0 saturated heterocycles. The molecule has 1 amide bonds. The molecule has 0 saturated carbocycles. The summed E-state index contributed by atoms with van der Waals surface area (Å²) in [6.45, 7) is 1.01. The predicted molar refractivity (Wildman–Crippen MR) is 46.6 cm³/mol. The van der Waals surface area contributed by atoms with Crippen LogP contribution in [0.1, 0.15) is 0 Å². The van der Waals surface area contributed by atoms with Gasteiger partial charge in [0.15, 0.2) is 0 Å². The molecular weight excluding hydrogens is 158 g/mol. The van der Waals surface area contributed by atoms with Crippen LogP contribution in [0.5, 0.6) is 0 Å². The number of carbonyl (C=O) groups excluding carboxylic acids is 1. The molecule has 72 valence electrons. The first-order valence-corrected chi connectivity index (χ1v) is 3.86. The molecule has 5 heteroatoms. The minimum absolute atomic E-state index is 0.306. The quantitative estimate of drug-likeness (QED) is 0.451. The first-order chi connectivity index (χ1) is 5.57. The minimum atomic E-state index is -0.799. The highest BCUT2D eigenvalue weighted by atomic mass is 16.3. The lowest BCUT2D eigenvalue weighted by atomic mass is 10.3. The van der Waals surface area contributed by atoms with Gasteiger partial charge in [-0.05, 0) is 14.1 Å². The van der Waals surface area contributed by atoms with E-state index in [9.17, 15) is 4.79 Å². The second-order valence-electron chi connectivity index (χ2n) is 2.88. The summed E-state index contributed by atoms with van der Waals surface area (Å²) in [5, 5.41) is 11.1. The molecule has 0 heterocycles. The van der Waals surface area contributed by atoms with Gasteiger partial charge in [-0.1, -0.05) is 0 Å². The first kappa shape index (κ1) is 11.4. The maximum atomic E-state index is 10.9. The molecule has 0 aromatic heterocycles. The third kappa shape index (κ3) is 5.06. The largest absolute Gasteiger partial charge is 0.394 e. The van der Waals surface area contributed by atoms with Gasteiger partial charge < -0.3 is 21.1 Å². The monoisotopic (exact) mass is 175 g/mol. The average molecular weight is 175 g/mol. The van der Waals surface area contributed by atoms with Crippen molar-refractivity contribution in [1.29, 1.82) is 0 Å². The van der Waals surface area contributed by atoms with E-state index in [0.717, 1.165) is 6.54 Å². The number of nitrogens with zero attached hydrogens (tertiary/aromatic N) is 1. The Bertz CT molecular complexity index is 139. The maximum Gasteiger partial charge on any atom is 0.239 e. The summed E-state index contributed by atoms with van der Waals surface area (Å²) in [5.41, 5.74) is 5.26. The van der Waals surface area contributed by atoms with Crippen molar-refractivity contribution in [3.05, 3.63) is 0 Å². The number of carbonyl (C=O) groups is 1. The molecule has 5 nitrogen and oxygen atoms in total. The molecular formula is C7H17N3O2. The summed E-state index contributed by atoms with van der Waals surface area (Å²) < 4.78 is 0. The molecule has 0 radical (unpaired) electrons. The van der Waals surface area contributed by atoms with E-state index in [-0.39, 0.29) is 12.5 Å². The molecule has 0 aliphatic rings. The zero-order valence-corrected chi connectivity index (χ0v) is 7.58. The van der Waals surface area contributed by atoms with Crippen LogP contribution in [0, 0.1) is 0 Å².